The highest BCUT2D eigenvalue weighted by atomic mass is 19.1. The fourth-order valence-corrected chi connectivity index (χ4v) is 3.12. The molecule has 3 rings (SSSR count). The van der Waals surface area contributed by atoms with E-state index in [4.69, 9.17) is 0 Å². The Labute approximate surface area is 141 Å². The minimum atomic E-state index is -0.553. The summed E-state index contributed by atoms with van der Waals surface area (Å²) >= 11 is 0. The molecule has 0 saturated carbocycles. The maximum absolute atomic E-state index is 13.2. The summed E-state index contributed by atoms with van der Waals surface area (Å²) in [4.78, 5) is 2.44. The molecule has 1 fully saturated rings. The second-order valence-corrected chi connectivity index (χ2v) is 6.25. The van der Waals surface area contributed by atoms with Crippen LogP contribution in [0.4, 0.5) is 14.5 Å². The number of piperazine rings is 1. The average molecular weight is 331 g/mol. The van der Waals surface area contributed by atoms with Gasteiger partial charge in [0.05, 0.1) is 0 Å². The normalized spacial score (nSPS) is 18.5. The zero-order valence-electron chi connectivity index (χ0n) is 13.6. The fraction of sp³-hybridized carbons (Fsp3) is 0.368. The number of benzene rings is 2. The van der Waals surface area contributed by atoms with Crippen LogP contribution in [0.3, 0.4) is 0 Å². The van der Waals surface area contributed by atoms with Gasteiger partial charge in [0.25, 0.3) is 0 Å². The summed E-state index contributed by atoms with van der Waals surface area (Å²) in [6, 6.07) is 14.4. The van der Waals surface area contributed by atoms with E-state index < -0.39 is 11.6 Å². The van der Waals surface area contributed by atoms with Gasteiger partial charge < -0.3 is 10.6 Å². The van der Waals surface area contributed by atoms with Gasteiger partial charge in [-0.25, -0.2) is 8.78 Å². The average Bonchev–Trinajstić information content (AvgIpc) is 2.55. The van der Waals surface area contributed by atoms with Crippen molar-refractivity contribution < 1.29 is 8.78 Å². The standard InChI is InChI=1S/C19H23F2N3/c20-16-10-17(21)12-19(11-16)22-7-6-18-14-24(9-8-23-18)13-15-4-2-1-3-5-15/h1-5,10-12,18,22-23H,6-9,13-14H2/t18-/m1/s1. The molecule has 0 bridgehead atoms. The van der Waals surface area contributed by atoms with E-state index in [1.807, 2.05) is 6.07 Å². The van der Waals surface area contributed by atoms with Crippen LogP contribution in [0.2, 0.25) is 0 Å². The summed E-state index contributed by atoms with van der Waals surface area (Å²) < 4.78 is 26.3. The first kappa shape index (κ1) is 16.9. The third-order valence-corrected chi connectivity index (χ3v) is 4.27. The van der Waals surface area contributed by atoms with E-state index in [9.17, 15) is 8.78 Å². The molecule has 5 heteroatoms. The van der Waals surface area contributed by atoms with Gasteiger partial charge in [-0.1, -0.05) is 30.3 Å². The van der Waals surface area contributed by atoms with Crippen LogP contribution in [0.5, 0.6) is 0 Å². The Kier molecular flexibility index (Phi) is 5.77. The summed E-state index contributed by atoms with van der Waals surface area (Å²) in [5.41, 5.74) is 1.82. The van der Waals surface area contributed by atoms with E-state index >= 15 is 0 Å². The zero-order chi connectivity index (χ0) is 16.8. The molecule has 1 aliphatic heterocycles. The van der Waals surface area contributed by atoms with Gasteiger partial charge in [-0.3, -0.25) is 4.90 Å². The molecule has 1 saturated heterocycles. The molecule has 0 unspecified atom stereocenters. The van der Waals surface area contributed by atoms with Crippen molar-refractivity contribution in [3.63, 3.8) is 0 Å². The quantitative estimate of drug-likeness (QED) is 0.851. The van der Waals surface area contributed by atoms with Crippen LogP contribution in [0.25, 0.3) is 0 Å². The smallest absolute Gasteiger partial charge is 0.128 e. The van der Waals surface area contributed by atoms with E-state index in [0.717, 1.165) is 38.7 Å². The molecule has 0 radical (unpaired) electrons. The monoisotopic (exact) mass is 331 g/mol. The minimum absolute atomic E-state index is 0.383. The number of hydrogen-bond acceptors (Lipinski definition) is 3. The molecule has 24 heavy (non-hydrogen) atoms. The van der Waals surface area contributed by atoms with Crippen LogP contribution in [0.15, 0.2) is 48.5 Å². The molecule has 0 spiro atoms. The van der Waals surface area contributed by atoms with Crippen LogP contribution in [0, 0.1) is 11.6 Å². The van der Waals surface area contributed by atoms with Crippen molar-refractivity contribution in [1.82, 2.24) is 10.2 Å². The van der Waals surface area contributed by atoms with Gasteiger partial charge in [-0.05, 0) is 24.1 Å². The first-order valence-corrected chi connectivity index (χ1v) is 8.39. The van der Waals surface area contributed by atoms with Gasteiger partial charge >= 0.3 is 0 Å². The lowest BCUT2D eigenvalue weighted by Crippen LogP contribution is -2.50. The van der Waals surface area contributed by atoms with Crippen LogP contribution in [0.1, 0.15) is 12.0 Å². The summed E-state index contributed by atoms with van der Waals surface area (Å²) in [6.07, 6.45) is 0.906. The highest BCUT2D eigenvalue weighted by Gasteiger charge is 2.18. The van der Waals surface area contributed by atoms with Crippen LogP contribution in [-0.4, -0.2) is 37.1 Å². The Morgan fingerprint density at radius 3 is 2.58 bits per heavy atom. The predicted molar refractivity (Wildman–Crippen MR) is 93.0 cm³/mol. The van der Waals surface area contributed by atoms with E-state index in [1.165, 1.54) is 17.7 Å². The number of halogens is 2. The van der Waals surface area contributed by atoms with Crippen molar-refractivity contribution in [1.29, 1.82) is 0 Å². The lowest BCUT2D eigenvalue weighted by atomic mass is 10.1. The maximum Gasteiger partial charge on any atom is 0.128 e. The second kappa shape index (κ2) is 8.22. The van der Waals surface area contributed by atoms with Gasteiger partial charge in [-0.2, -0.15) is 0 Å². The fourth-order valence-electron chi connectivity index (χ4n) is 3.12. The molecule has 0 aromatic heterocycles. The molecule has 2 aromatic carbocycles. The van der Waals surface area contributed by atoms with Crippen LogP contribution >= 0.6 is 0 Å². The van der Waals surface area contributed by atoms with E-state index in [0.29, 0.717) is 18.3 Å². The number of rotatable bonds is 6. The molecule has 1 atom stereocenters. The largest absolute Gasteiger partial charge is 0.385 e. The highest BCUT2D eigenvalue weighted by Crippen LogP contribution is 2.14. The molecule has 0 amide bonds. The molecule has 2 aromatic rings. The lowest BCUT2D eigenvalue weighted by Gasteiger charge is -2.34. The van der Waals surface area contributed by atoms with Crippen molar-refractivity contribution in [3.05, 3.63) is 65.7 Å². The van der Waals surface area contributed by atoms with E-state index in [-0.39, 0.29) is 0 Å². The first-order chi connectivity index (χ1) is 11.7. The van der Waals surface area contributed by atoms with Crippen LogP contribution in [-0.2, 0) is 6.54 Å². The Morgan fingerprint density at radius 2 is 1.83 bits per heavy atom. The number of nitrogens with one attached hydrogen (secondary N) is 2. The third-order valence-electron chi connectivity index (χ3n) is 4.27. The van der Waals surface area contributed by atoms with Crippen LogP contribution < -0.4 is 10.6 Å². The Hall–Kier alpha value is -1.98. The Bertz CT molecular complexity index is 628. The second-order valence-electron chi connectivity index (χ2n) is 6.25. The van der Waals surface area contributed by atoms with E-state index in [1.54, 1.807) is 0 Å². The summed E-state index contributed by atoms with van der Waals surface area (Å²) in [6.45, 7) is 4.62. The zero-order valence-corrected chi connectivity index (χ0v) is 13.6. The van der Waals surface area contributed by atoms with Crippen molar-refractivity contribution in [3.8, 4) is 0 Å². The van der Waals surface area contributed by atoms with Gasteiger partial charge in [-0.15, -0.1) is 0 Å². The number of anilines is 1. The van der Waals surface area contributed by atoms with Crippen molar-refractivity contribution in [2.75, 3.05) is 31.5 Å². The number of hydrogen-bond donors (Lipinski definition) is 2. The topological polar surface area (TPSA) is 27.3 Å². The van der Waals surface area contributed by atoms with E-state index in [2.05, 4.69) is 39.8 Å². The van der Waals surface area contributed by atoms with Gasteiger partial charge in [0, 0.05) is 50.5 Å². The maximum atomic E-state index is 13.2. The van der Waals surface area contributed by atoms with Crippen molar-refractivity contribution in [2.45, 2.75) is 19.0 Å². The predicted octanol–water partition coefficient (Wildman–Crippen LogP) is 3.24. The molecular formula is C19H23F2N3. The Balaban J connectivity index is 1.45. The molecular weight excluding hydrogens is 308 g/mol. The van der Waals surface area contributed by atoms with Gasteiger partial charge in [0.1, 0.15) is 11.6 Å². The molecule has 3 nitrogen and oxygen atoms in total. The molecule has 0 aliphatic carbocycles. The van der Waals surface area contributed by atoms with Gasteiger partial charge in [0.2, 0.25) is 0 Å². The summed E-state index contributed by atoms with van der Waals surface area (Å²) in [7, 11) is 0. The first-order valence-electron chi connectivity index (χ1n) is 8.39. The summed E-state index contributed by atoms with van der Waals surface area (Å²) in [5, 5.41) is 6.61. The lowest BCUT2D eigenvalue weighted by molar-refractivity contribution is 0.189. The molecule has 1 aliphatic rings. The summed E-state index contributed by atoms with van der Waals surface area (Å²) in [5.74, 6) is -1.11. The highest BCUT2D eigenvalue weighted by molar-refractivity contribution is 5.43. The number of nitrogens with zero attached hydrogens (tertiary/aromatic N) is 1. The minimum Gasteiger partial charge on any atom is -0.385 e. The van der Waals surface area contributed by atoms with Gasteiger partial charge in [0.15, 0.2) is 0 Å². The third kappa shape index (κ3) is 5.01. The Morgan fingerprint density at radius 1 is 1.08 bits per heavy atom. The van der Waals surface area contributed by atoms with Crippen molar-refractivity contribution in [2.24, 2.45) is 0 Å². The molecule has 1 heterocycles. The SMILES string of the molecule is Fc1cc(F)cc(NCC[C@@H]2CN(Cc3ccccc3)CCN2)c1. The molecule has 2 N–H and O–H groups in total. The van der Waals surface area contributed by atoms with Crippen molar-refractivity contribution >= 4 is 5.69 Å². The molecule has 128 valence electrons.